The molecule has 0 aliphatic heterocycles. The van der Waals surface area contributed by atoms with Gasteiger partial charge in [0.25, 0.3) is 0 Å². The molecule has 0 fully saturated rings. The second-order valence-electron chi connectivity index (χ2n) is 2.86. The minimum atomic E-state index is -0.243. The summed E-state index contributed by atoms with van der Waals surface area (Å²) in [6.07, 6.45) is 7.09. The first-order valence-electron chi connectivity index (χ1n) is 4.90. The number of allylic oxidation sites excluding steroid dienone is 5. The van der Waals surface area contributed by atoms with Crippen molar-refractivity contribution in [3.63, 3.8) is 0 Å². The number of ether oxygens (including phenoxy) is 1. The van der Waals surface area contributed by atoms with Gasteiger partial charge in [0.2, 0.25) is 0 Å². The molecule has 16 heavy (non-hydrogen) atoms. The second-order valence-corrected chi connectivity index (χ2v) is 2.86. The Morgan fingerprint density at radius 2 is 1.81 bits per heavy atom. The first kappa shape index (κ1) is 14.7. The van der Waals surface area contributed by atoms with Gasteiger partial charge in [-0.05, 0) is 12.2 Å². The molecule has 0 bridgehead atoms. The minimum absolute atomic E-state index is 0. The van der Waals surface area contributed by atoms with Crippen molar-refractivity contribution in [1.82, 2.24) is 0 Å². The predicted molar refractivity (Wildman–Crippen MR) is 59.0 cm³/mol. The van der Waals surface area contributed by atoms with Gasteiger partial charge in [-0.3, -0.25) is 0 Å². The third-order valence-electron chi connectivity index (χ3n) is 1.73. The molecule has 1 aromatic rings. The van der Waals surface area contributed by atoms with Gasteiger partial charge in [0.1, 0.15) is 0 Å². The van der Waals surface area contributed by atoms with Crippen LogP contribution in [0.15, 0.2) is 66.2 Å². The summed E-state index contributed by atoms with van der Waals surface area (Å²) >= 11 is 0. The molecule has 0 atom stereocenters. The molecule has 2 nitrogen and oxygen atoms in total. The molecule has 0 amide bonds. The van der Waals surface area contributed by atoms with Crippen LogP contribution in [0.25, 0.3) is 0 Å². The molecular weight excluding hydrogens is 244 g/mol. The Labute approximate surface area is 107 Å². The molecule has 0 saturated heterocycles. The van der Waals surface area contributed by atoms with E-state index in [4.69, 9.17) is 4.74 Å². The molecule has 0 aromatic heterocycles. The molecule has 0 heterocycles. The van der Waals surface area contributed by atoms with E-state index in [1.54, 1.807) is 19.1 Å². The third-order valence-corrected chi connectivity index (χ3v) is 1.73. The largest absolute Gasteiger partial charge is 2.00 e. The molecule has 0 spiro atoms. The predicted octanol–water partition coefficient (Wildman–Crippen LogP) is 2.12. The van der Waals surface area contributed by atoms with Crippen LogP contribution in [0.3, 0.4) is 0 Å². The van der Waals surface area contributed by atoms with E-state index in [0.717, 1.165) is 0 Å². The van der Waals surface area contributed by atoms with Crippen molar-refractivity contribution in [3.8, 4) is 0 Å². The molecule has 1 aromatic carbocycles. The average molecular weight is 258 g/mol. The number of rotatable bonds is 2. The molecule has 2 rings (SSSR count). The summed E-state index contributed by atoms with van der Waals surface area (Å²) in [5, 5.41) is 10.9. The summed E-state index contributed by atoms with van der Waals surface area (Å²) < 4.78 is 4.75. The van der Waals surface area contributed by atoms with Gasteiger partial charge in [-0.25, -0.2) is 12.1 Å². The fraction of sp³-hybridized carbons (Fsp3) is 0.154. The van der Waals surface area contributed by atoms with Crippen LogP contribution in [0.4, 0.5) is 0 Å². The summed E-state index contributed by atoms with van der Waals surface area (Å²) in [4.78, 5) is 0. The van der Waals surface area contributed by atoms with E-state index < -0.39 is 0 Å². The molecule has 0 unspecified atom stereocenters. The third kappa shape index (κ3) is 5.54. The Kier molecular flexibility index (Phi) is 8.22. The van der Waals surface area contributed by atoms with Crippen LogP contribution in [0.1, 0.15) is 6.92 Å². The van der Waals surface area contributed by atoms with Gasteiger partial charge in [-0.1, -0.05) is 31.2 Å². The van der Waals surface area contributed by atoms with Crippen LogP contribution in [-0.2, 0) is 21.8 Å². The molecule has 1 aliphatic carbocycles. The first-order valence-corrected chi connectivity index (χ1v) is 4.90. The Bertz CT molecular complexity index is 317. The van der Waals surface area contributed by atoms with E-state index in [1.165, 1.54) is 0 Å². The standard InChI is InChI=1S/C8H10O2.C5H5.Fe/c1-2-10-8(9)7-5-3-4-6-7;1-2-4-5-3-1;/h3-6,9H,2H2,1H3;1-5H;/q;-1;+2/p-1. The average Bonchev–Trinajstić information content (AvgIpc) is 2.95. The van der Waals surface area contributed by atoms with E-state index in [2.05, 4.69) is 0 Å². The first-order chi connectivity index (χ1) is 7.34. The van der Waals surface area contributed by atoms with Gasteiger partial charge in [0.15, 0.2) is 0 Å². The van der Waals surface area contributed by atoms with Crippen molar-refractivity contribution in [3.05, 3.63) is 66.2 Å². The molecule has 3 heteroatoms. The Morgan fingerprint density at radius 1 is 1.25 bits per heavy atom. The van der Waals surface area contributed by atoms with E-state index in [9.17, 15) is 5.11 Å². The van der Waals surface area contributed by atoms with Crippen LogP contribution in [-0.4, -0.2) is 6.61 Å². The van der Waals surface area contributed by atoms with E-state index in [-0.39, 0.29) is 23.0 Å². The smallest absolute Gasteiger partial charge is 0.613 e. The van der Waals surface area contributed by atoms with Gasteiger partial charge >= 0.3 is 17.1 Å². The van der Waals surface area contributed by atoms with E-state index in [1.807, 2.05) is 42.5 Å². The fourth-order valence-electron chi connectivity index (χ4n) is 1.05. The van der Waals surface area contributed by atoms with Crippen molar-refractivity contribution < 1.29 is 26.9 Å². The fourth-order valence-corrected chi connectivity index (χ4v) is 1.05. The maximum absolute atomic E-state index is 10.9. The van der Waals surface area contributed by atoms with Gasteiger partial charge in [-0.2, -0.15) is 18.2 Å². The Morgan fingerprint density at radius 3 is 2.19 bits per heavy atom. The van der Waals surface area contributed by atoms with Crippen LogP contribution in [0.2, 0.25) is 0 Å². The molecule has 86 valence electrons. The molecule has 0 N–H and O–H groups in total. The van der Waals surface area contributed by atoms with Gasteiger partial charge in [0.05, 0.1) is 5.95 Å². The van der Waals surface area contributed by atoms with E-state index in [0.29, 0.717) is 12.2 Å². The van der Waals surface area contributed by atoms with Crippen molar-refractivity contribution in [2.24, 2.45) is 0 Å². The van der Waals surface area contributed by atoms with Crippen LogP contribution >= 0.6 is 0 Å². The zero-order valence-corrected chi connectivity index (χ0v) is 10.2. The summed E-state index contributed by atoms with van der Waals surface area (Å²) in [7, 11) is 0. The summed E-state index contributed by atoms with van der Waals surface area (Å²) in [5.41, 5.74) is 0.627. The van der Waals surface area contributed by atoms with Crippen LogP contribution in [0.5, 0.6) is 0 Å². The maximum atomic E-state index is 10.9. The van der Waals surface area contributed by atoms with Crippen molar-refractivity contribution in [2.75, 3.05) is 6.61 Å². The van der Waals surface area contributed by atoms with Crippen molar-refractivity contribution >= 4 is 0 Å². The summed E-state index contributed by atoms with van der Waals surface area (Å²) in [6, 6.07) is 10.0. The van der Waals surface area contributed by atoms with Crippen molar-refractivity contribution in [2.45, 2.75) is 6.92 Å². The van der Waals surface area contributed by atoms with Gasteiger partial charge in [-0.15, -0.1) is 0 Å². The molecule has 1 aliphatic rings. The molecular formula is C13H14FeO2. The minimum Gasteiger partial charge on any atom is -0.613 e. The number of hydrogen-bond donors (Lipinski definition) is 0. The number of hydrogen-bond acceptors (Lipinski definition) is 2. The molecule has 0 saturated carbocycles. The monoisotopic (exact) mass is 258 g/mol. The SMILES string of the molecule is CCOC([O-])=C1C=CC=C1.[Fe+2].c1cc[cH-]c1. The Balaban J connectivity index is 0.000000318. The van der Waals surface area contributed by atoms with Gasteiger partial charge in [0, 0.05) is 0 Å². The Hall–Kier alpha value is -1.31. The second kappa shape index (κ2) is 8.95. The zero-order chi connectivity index (χ0) is 10.9. The normalized spacial score (nSPS) is 11.4. The maximum Gasteiger partial charge on any atom is 2.00 e. The van der Waals surface area contributed by atoms with Crippen molar-refractivity contribution in [1.29, 1.82) is 0 Å². The van der Waals surface area contributed by atoms with Crippen LogP contribution in [0, 0.1) is 0 Å². The van der Waals surface area contributed by atoms with E-state index >= 15 is 0 Å². The summed E-state index contributed by atoms with van der Waals surface area (Å²) in [5.74, 6) is -0.243. The quantitative estimate of drug-likeness (QED) is 0.462. The summed E-state index contributed by atoms with van der Waals surface area (Å²) in [6.45, 7) is 2.23. The molecule has 0 radical (unpaired) electrons. The zero-order valence-electron chi connectivity index (χ0n) is 9.07. The van der Waals surface area contributed by atoms with Gasteiger partial charge < -0.3 is 9.84 Å². The van der Waals surface area contributed by atoms with Crippen LogP contribution < -0.4 is 5.11 Å². The topological polar surface area (TPSA) is 32.3 Å².